The molecule has 0 aliphatic heterocycles. The van der Waals surface area contributed by atoms with Gasteiger partial charge >= 0.3 is 5.97 Å². The second kappa shape index (κ2) is 5.54. The third-order valence-corrected chi connectivity index (χ3v) is 3.49. The van der Waals surface area contributed by atoms with E-state index < -0.39 is 11.6 Å². The Morgan fingerprint density at radius 2 is 2.11 bits per heavy atom. The Kier molecular flexibility index (Phi) is 4.04. The monoisotopic (exact) mass is 253 g/mol. The molecule has 0 aromatic carbocycles. The topological polar surface area (TPSA) is 82.7 Å². The van der Waals surface area contributed by atoms with Crippen LogP contribution in [-0.2, 0) is 6.54 Å². The maximum absolute atomic E-state index is 10.8. The molecule has 0 atom stereocenters. The minimum atomic E-state index is -1.06. The molecule has 0 unspecified atom stereocenters. The van der Waals surface area contributed by atoms with Crippen molar-refractivity contribution < 1.29 is 19.4 Å². The number of hydrogen-bond acceptors (Lipinski definition) is 4. The summed E-state index contributed by atoms with van der Waals surface area (Å²) in [6.45, 7) is 0.900. The summed E-state index contributed by atoms with van der Waals surface area (Å²) in [5, 5.41) is 22.3. The Morgan fingerprint density at radius 3 is 2.78 bits per heavy atom. The molecule has 1 aromatic heterocycles. The molecular weight excluding hydrogens is 234 g/mol. The van der Waals surface area contributed by atoms with E-state index in [1.807, 2.05) is 0 Å². The fourth-order valence-corrected chi connectivity index (χ4v) is 2.48. The van der Waals surface area contributed by atoms with Crippen molar-refractivity contribution >= 4 is 5.97 Å². The highest BCUT2D eigenvalue weighted by Crippen LogP contribution is 2.27. The highest BCUT2D eigenvalue weighted by molar-refractivity contribution is 5.86. The van der Waals surface area contributed by atoms with E-state index in [0.717, 1.165) is 25.7 Å². The normalized spacial score (nSPS) is 18.7. The number of aliphatic hydroxyl groups is 1. The molecule has 1 saturated carbocycles. The van der Waals surface area contributed by atoms with Crippen molar-refractivity contribution in [2.45, 2.75) is 44.2 Å². The molecule has 1 aliphatic carbocycles. The molecule has 100 valence electrons. The Bertz CT molecular complexity index is 407. The van der Waals surface area contributed by atoms with Gasteiger partial charge in [-0.3, -0.25) is 0 Å². The SMILES string of the molecule is O=C(O)c1occc1CNCC1(O)CCCCC1. The molecule has 3 N–H and O–H groups in total. The highest BCUT2D eigenvalue weighted by Gasteiger charge is 2.28. The van der Waals surface area contributed by atoms with Gasteiger partial charge in [-0.15, -0.1) is 0 Å². The maximum Gasteiger partial charge on any atom is 0.372 e. The third kappa shape index (κ3) is 3.11. The van der Waals surface area contributed by atoms with E-state index in [0.29, 0.717) is 18.7 Å². The smallest absolute Gasteiger partial charge is 0.372 e. The summed E-state index contributed by atoms with van der Waals surface area (Å²) >= 11 is 0. The molecule has 18 heavy (non-hydrogen) atoms. The van der Waals surface area contributed by atoms with E-state index in [4.69, 9.17) is 9.52 Å². The first-order valence-electron chi connectivity index (χ1n) is 6.33. The summed E-state index contributed by atoms with van der Waals surface area (Å²) in [5.74, 6) is -1.09. The van der Waals surface area contributed by atoms with Crippen molar-refractivity contribution in [2.24, 2.45) is 0 Å². The quantitative estimate of drug-likeness (QED) is 0.744. The zero-order chi connectivity index (χ0) is 13.0. The summed E-state index contributed by atoms with van der Waals surface area (Å²) in [4.78, 5) is 10.8. The average molecular weight is 253 g/mol. The van der Waals surface area contributed by atoms with E-state index in [9.17, 15) is 9.90 Å². The van der Waals surface area contributed by atoms with E-state index in [2.05, 4.69) is 5.32 Å². The first kappa shape index (κ1) is 13.1. The molecule has 2 rings (SSSR count). The first-order chi connectivity index (χ1) is 8.61. The van der Waals surface area contributed by atoms with Crippen LogP contribution in [0.2, 0.25) is 0 Å². The predicted octanol–water partition coefficient (Wildman–Crippen LogP) is 1.76. The van der Waals surface area contributed by atoms with Crippen molar-refractivity contribution in [3.05, 3.63) is 23.7 Å². The zero-order valence-electron chi connectivity index (χ0n) is 10.3. The number of carbonyl (C=O) groups is 1. The van der Waals surface area contributed by atoms with Crippen LogP contribution in [0.5, 0.6) is 0 Å². The maximum atomic E-state index is 10.8. The van der Waals surface area contributed by atoms with Crippen LogP contribution in [0.25, 0.3) is 0 Å². The Hall–Kier alpha value is -1.33. The number of furan rings is 1. The van der Waals surface area contributed by atoms with Crippen LogP contribution in [0.15, 0.2) is 16.7 Å². The molecule has 0 bridgehead atoms. The van der Waals surface area contributed by atoms with Gasteiger partial charge < -0.3 is 19.9 Å². The van der Waals surface area contributed by atoms with Gasteiger partial charge in [-0.25, -0.2) is 4.79 Å². The second-order valence-electron chi connectivity index (χ2n) is 4.97. The van der Waals surface area contributed by atoms with Crippen molar-refractivity contribution in [1.29, 1.82) is 0 Å². The summed E-state index contributed by atoms with van der Waals surface area (Å²) < 4.78 is 4.89. The van der Waals surface area contributed by atoms with Crippen LogP contribution < -0.4 is 5.32 Å². The van der Waals surface area contributed by atoms with E-state index in [1.165, 1.54) is 12.7 Å². The van der Waals surface area contributed by atoms with Gasteiger partial charge in [0.25, 0.3) is 0 Å². The molecule has 0 amide bonds. The van der Waals surface area contributed by atoms with Gasteiger partial charge in [0.15, 0.2) is 0 Å². The molecular formula is C13H19NO4. The lowest BCUT2D eigenvalue weighted by molar-refractivity contribution is 0.00466. The lowest BCUT2D eigenvalue weighted by atomic mass is 9.85. The lowest BCUT2D eigenvalue weighted by Crippen LogP contribution is -2.41. The molecule has 1 aromatic rings. The fraction of sp³-hybridized carbons (Fsp3) is 0.615. The number of nitrogens with one attached hydrogen (secondary N) is 1. The third-order valence-electron chi connectivity index (χ3n) is 3.49. The number of hydrogen-bond donors (Lipinski definition) is 3. The number of rotatable bonds is 5. The number of carboxylic acids is 1. The molecule has 1 aliphatic rings. The van der Waals surface area contributed by atoms with Gasteiger partial charge in [-0.2, -0.15) is 0 Å². The Labute approximate surface area is 106 Å². The standard InChI is InChI=1S/C13H19NO4/c15-12(16)11-10(4-7-18-11)8-14-9-13(17)5-2-1-3-6-13/h4,7,14,17H,1-3,5-6,8-9H2,(H,15,16). The van der Waals surface area contributed by atoms with Gasteiger partial charge in [0, 0.05) is 18.7 Å². The van der Waals surface area contributed by atoms with Crippen molar-refractivity contribution in [1.82, 2.24) is 5.32 Å². The number of aromatic carboxylic acids is 1. The molecule has 0 spiro atoms. The van der Waals surface area contributed by atoms with Crippen LogP contribution in [0, 0.1) is 0 Å². The van der Waals surface area contributed by atoms with Crippen molar-refractivity contribution in [3.8, 4) is 0 Å². The minimum absolute atomic E-state index is 0.0295. The first-order valence-corrected chi connectivity index (χ1v) is 6.33. The summed E-state index contributed by atoms with van der Waals surface area (Å²) in [7, 11) is 0. The largest absolute Gasteiger partial charge is 0.475 e. The Morgan fingerprint density at radius 1 is 1.39 bits per heavy atom. The van der Waals surface area contributed by atoms with Crippen LogP contribution >= 0.6 is 0 Å². The zero-order valence-corrected chi connectivity index (χ0v) is 10.3. The van der Waals surface area contributed by atoms with Crippen LogP contribution in [0.4, 0.5) is 0 Å². The van der Waals surface area contributed by atoms with Gasteiger partial charge in [0.2, 0.25) is 5.76 Å². The van der Waals surface area contributed by atoms with E-state index in [-0.39, 0.29) is 5.76 Å². The second-order valence-corrected chi connectivity index (χ2v) is 4.97. The van der Waals surface area contributed by atoms with E-state index in [1.54, 1.807) is 6.07 Å². The van der Waals surface area contributed by atoms with Gasteiger partial charge in [-0.05, 0) is 18.9 Å². The summed E-state index contributed by atoms with van der Waals surface area (Å²) in [6.07, 6.45) is 6.31. The molecule has 1 fully saturated rings. The minimum Gasteiger partial charge on any atom is -0.475 e. The fourth-order valence-electron chi connectivity index (χ4n) is 2.48. The van der Waals surface area contributed by atoms with Crippen LogP contribution in [0.1, 0.15) is 48.2 Å². The molecule has 1 heterocycles. The van der Waals surface area contributed by atoms with Gasteiger partial charge in [0.05, 0.1) is 11.9 Å². The van der Waals surface area contributed by atoms with Crippen LogP contribution in [0.3, 0.4) is 0 Å². The summed E-state index contributed by atoms with van der Waals surface area (Å²) in [5.41, 5.74) is -0.0207. The molecule has 0 radical (unpaired) electrons. The van der Waals surface area contributed by atoms with Crippen LogP contribution in [-0.4, -0.2) is 28.3 Å². The molecule has 5 heteroatoms. The Balaban J connectivity index is 1.84. The van der Waals surface area contributed by atoms with E-state index >= 15 is 0 Å². The molecule has 5 nitrogen and oxygen atoms in total. The lowest BCUT2D eigenvalue weighted by Gasteiger charge is -2.32. The average Bonchev–Trinajstić information content (AvgIpc) is 2.78. The van der Waals surface area contributed by atoms with Gasteiger partial charge in [-0.1, -0.05) is 19.3 Å². The molecule has 0 saturated heterocycles. The van der Waals surface area contributed by atoms with Gasteiger partial charge in [0.1, 0.15) is 0 Å². The van der Waals surface area contributed by atoms with Crippen molar-refractivity contribution in [2.75, 3.05) is 6.54 Å². The highest BCUT2D eigenvalue weighted by atomic mass is 16.4. The number of carboxylic acid groups (broad SMARTS) is 1. The summed E-state index contributed by atoms with van der Waals surface area (Å²) in [6, 6.07) is 1.64. The van der Waals surface area contributed by atoms with Crippen molar-refractivity contribution in [3.63, 3.8) is 0 Å². The predicted molar refractivity (Wildman–Crippen MR) is 65.4 cm³/mol.